The van der Waals surface area contributed by atoms with Crippen molar-refractivity contribution in [2.24, 2.45) is 5.92 Å². The smallest absolute Gasteiger partial charge is 0.238 e. The quantitative estimate of drug-likeness (QED) is 0.862. The SMILES string of the molecule is CNC(=O)C1CCN(CC(=O)Nc2cccc(C)c2)C1. The summed E-state index contributed by atoms with van der Waals surface area (Å²) in [6.45, 7) is 3.77. The van der Waals surface area contributed by atoms with Crippen molar-refractivity contribution < 1.29 is 9.59 Å². The Labute approximate surface area is 119 Å². The highest BCUT2D eigenvalue weighted by Crippen LogP contribution is 2.16. The lowest BCUT2D eigenvalue weighted by Crippen LogP contribution is -2.34. The lowest BCUT2D eigenvalue weighted by molar-refractivity contribution is -0.124. The molecule has 1 atom stereocenters. The maximum Gasteiger partial charge on any atom is 0.238 e. The van der Waals surface area contributed by atoms with Gasteiger partial charge in [-0.25, -0.2) is 0 Å². The second kappa shape index (κ2) is 6.52. The lowest BCUT2D eigenvalue weighted by atomic mass is 10.1. The zero-order valence-corrected chi connectivity index (χ0v) is 12.0. The molecule has 1 unspecified atom stereocenters. The normalized spacial score (nSPS) is 18.8. The van der Waals surface area contributed by atoms with Crippen LogP contribution in [-0.2, 0) is 9.59 Å². The van der Waals surface area contributed by atoms with Crippen molar-refractivity contribution in [3.63, 3.8) is 0 Å². The van der Waals surface area contributed by atoms with E-state index < -0.39 is 0 Å². The average molecular weight is 275 g/mol. The van der Waals surface area contributed by atoms with E-state index in [1.54, 1.807) is 7.05 Å². The molecule has 1 aliphatic heterocycles. The van der Waals surface area contributed by atoms with Gasteiger partial charge in [-0.3, -0.25) is 14.5 Å². The zero-order chi connectivity index (χ0) is 14.5. The number of carbonyl (C=O) groups is 2. The second-order valence-electron chi connectivity index (χ2n) is 5.25. The molecule has 0 saturated carbocycles. The van der Waals surface area contributed by atoms with Crippen LogP contribution in [0.2, 0.25) is 0 Å². The molecule has 2 N–H and O–H groups in total. The highest BCUT2D eigenvalue weighted by Gasteiger charge is 2.28. The van der Waals surface area contributed by atoms with E-state index in [-0.39, 0.29) is 17.7 Å². The predicted molar refractivity (Wildman–Crippen MR) is 78.4 cm³/mol. The number of hydrogen-bond acceptors (Lipinski definition) is 3. The molecule has 1 saturated heterocycles. The zero-order valence-electron chi connectivity index (χ0n) is 12.0. The molecule has 2 rings (SSSR count). The van der Waals surface area contributed by atoms with Gasteiger partial charge >= 0.3 is 0 Å². The van der Waals surface area contributed by atoms with Gasteiger partial charge < -0.3 is 10.6 Å². The first-order chi connectivity index (χ1) is 9.58. The van der Waals surface area contributed by atoms with Crippen molar-refractivity contribution in [3.05, 3.63) is 29.8 Å². The number of carbonyl (C=O) groups excluding carboxylic acids is 2. The third kappa shape index (κ3) is 3.81. The van der Waals surface area contributed by atoms with Crippen LogP contribution in [0.15, 0.2) is 24.3 Å². The van der Waals surface area contributed by atoms with Crippen LogP contribution in [0.4, 0.5) is 5.69 Å². The van der Waals surface area contributed by atoms with Crippen LogP contribution < -0.4 is 10.6 Å². The summed E-state index contributed by atoms with van der Waals surface area (Å²) in [6.07, 6.45) is 0.817. The summed E-state index contributed by atoms with van der Waals surface area (Å²) < 4.78 is 0. The number of anilines is 1. The van der Waals surface area contributed by atoms with E-state index in [1.165, 1.54) is 0 Å². The number of benzene rings is 1. The van der Waals surface area contributed by atoms with Crippen LogP contribution in [0.25, 0.3) is 0 Å². The van der Waals surface area contributed by atoms with Gasteiger partial charge in [-0.15, -0.1) is 0 Å². The van der Waals surface area contributed by atoms with Crippen molar-refractivity contribution >= 4 is 17.5 Å². The van der Waals surface area contributed by atoms with Gasteiger partial charge in [0.25, 0.3) is 0 Å². The largest absolute Gasteiger partial charge is 0.359 e. The molecule has 1 heterocycles. The molecule has 0 aromatic heterocycles. The Morgan fingerprint density at radius 1 is 1.40 bits per heavy atom. The van der Waals surface area contributed by atoms with Gasteiger partial charge in [0.2, 0.25) is 11.8 Å². The molecule has 1 aromatic carbocycles. The van der Waals surface area contributed by atoms with Crippen molar-refractivity contribution in [3.8, 4) is 0 Å². The number of aryl methyl sites for hydroxylation is 1. The third-order valence-electron chi connectivity index (χ3n) is 3.56. The van der Waals surface area contributed by atoms with Crippen LogP contribution in [-0.4, -0.2) is 43.4 Å². The number of nitrogens with one attached hydrogen (secondary N) is 2. The van der Waals surface area contributed by atoms with Gasteiger partial charge in [-0.2, -0.15) is 0 Å². The topological polar surface area (TPSA) is 61.4 Å². The second-order valence-corrected chi connectivity index (χ2v) is 5.25. The minimum Gasteiger partial charge on any atom is -0.359 e. The fourth-order valence-corrected chi connectivity index (χ4v) is 2.52. The average Bonchev–Trinajstić information content (AvgIpc) is 2.86. The van der Waals surface area contributed by atoms with Gasteiger partial charge in [0.05, 0.1) is 12.5 Å². The number of nitrogens with zero attached hydrogens (tertiary/aromatic N) is 1. The van der Waals surface area contributed by atoms with E-state index in [4.69, 9.17) is 0 Å². The fraction of sp³-hybridized carbons (Fsp3) is 0.467. The first kappa shape index (κ1) is 14.5. The third-order valence-corrected chi connectivity index (χ3v) is 3.56. The molecule has 1 aromatic rings. The van der Waals surface area contributed by atoms with Crippen molar-refractivity contribution in [2.45, 2.75) is 13.3 Å². The number of rotatable bonds is 4. The standard InChI is InChI=1S/C15H21N3O2/c1-11-4-3-5-13(8-11)17-14(19)10-18-7-6-12(9-18)15(20)16-2/h3-5,8,12H,6-7,9-10H2,1-2H3,(H,16,20)(H,17,19). The summed E-state index contributed by atoms with van der Waals surface area (Å²) in [5.41, 5.74) is 1.93. The monoisotopic (exact) mass is 275 g/mol. The predicted octanol–water partition coefficient (Wildman–Crippen LogP) is 1.00. The summed E-state index contributed by atoms with van der Waals surface area (Å²) in [4.78, 5) is 25.5. The maximum atomic E-state index is 12.0. The van der Waals surface area contributed by atoms with Gasteiger partial charge in [-0.05, 0) is 37.6 Å². The first-order valence-electron chi connectivity index (χ1n) is 6.89. The molecule has 1 aliphatic rings. The first-order valence-corrected chi connectivity index (χ1v) is 6.89. The molecule has 0 bridgehead atoms. The Balaban J connectivity index is 1.82. The minimum absolute atomic E-state index is 0.00627. The maximum absolute atomic E-state index is 12.0. The fourth-order valence-electron chi connectivity index (χ4n) is 2.52. The molecule has 108 valence electrons. The minimum atomic E-state index is -0.0341. The Morgan fingerprint density at radius 3 is 2.90 bits per heavy atom. The summed E-state index contributed by atoms with van der Waals surface area (Å²) in [6, 6.07) is 7.73. The highest BCUT2D eigenvalue weighted by molar-refractivity contribution is 5.92. The van der Waals surface area contributed by atoms with Gasteiger partial charge in [0, 0.05) is 19.3 Å². The van der Waals surface area contributed by atoms with Crippen molar-refractivity contribution in [1.29, 1.82) is 0 Å². The van der Waals surface area contributed by atoms with E-state index in [0.29, 0.717) is 13.1 Å². The van der Waals surface area contributed by atoms with Crippen LogP contribution >= 0.6 is 0 Å². The van der Waals surface area contributed by atoms with Crippen LogP contribution in [0.3, 0.4) is 0 Å². The van der Waals surface area contributed by atoms with Crippen LogP contribution in [0.1, 0.15) is 12.0 Å². The molecule has 0 aliphatic carbocycles. The molecule has 5 heteroatoms. The van der Waals surface area contributed by atoms with Crippen molar-refractivity contribution in [2.75, 3.05) is 32.0 Å². The molecule has 5 nitrogen and oxygen atoms in total. The lowest BCUT2D eigenvalue weighted by Gasteiger charge is -2.15. The molecule has 1 fully saturated rings. The van der Waals surface area contributed by atoms with E-state index in [0.717, 1.165) is 24.2 Å². The molecule has 20 heavy (non-hydrogen) atoms. The van der Waals surface area contributed by atoms with E-state index in [1.807, 2.05) is 36.1 Å². The summed E-state index contributed by atoms with van der Waals surface area (Å²) in [7, 11) is 1.65. The number of hydrogen-bond donors (Lipinski definition) is 2. The summed E-state index contributed by atoms with van der Waals surface area (Å²) in [5.74, 6) is 0.0338. The summed E-state index contributed by atoms with van der Waals surface area (Å²) in [5, 5.41) is 5.55. The Hall–Kier alpha value is -1.88. The molecule has 0 radical (unpaired) electrons. The number of amides is 2. The van der Waals surface area contributed by atoms with Crippen LogP contribution in [0, 0.1) is 12.8 Å². The molecule has 2 amide bonds. The van der Waals surface area contributed by atoms with E-state index in [2.05, 4.69) is 10.6 Å². The Kier molecular flexibility index (Phi) is 4.74. The summed E-state index contributed by atoms with van der Waals surface area (Å²) >= 11 is 0. The molecular weight excluding hydrogens is 254 g/mol. The van der Waals surface area contributed by atoms with Crippen LogP contribution in [0.5, 0.6) is 0 Å². The number of likely N-dealkylation sites (tertiary alicyclic amines) is 1. The van der Waals surface area contributed by atoms with E-state index in [9.17, 15) is 9.59 Å². The van der Waals surface area contributed by atoms with Gasteiger partial charge in [-0.1, -0.05) is 12.1 Å². The molecular formula is C15H21N3O2. The van der Waals surface area contributed by atoms with Crippen molar-refractivity contribution in [1.82, 2.24) is 10.2 Å². The molecule has 0 spiro atoms. The highest BCUT2D eigenvalue weighted by atomic mass is 16.2. The Bertz CT molecular complexity index is 502. The van der Waals surface area contributed by atoms with Gasteiger partial charge in [0.1, 0.15) is 0 Å². The Morgan fingerprint density at radius 2 is 2.20 bits per heavy atom. The van der Waals surface area contributed by atoms with E-state index >= 15 is 0 Å². The van der Waals surface area contributed by atoms with Gasteiger partial charge in [0.15, 0.2) is 0 Å².